The minimum Gasteiger partial charge on any atom is -0.384 e. The van der Waals surface area contributed by atoms with Crippen molar-refractivity contribution in [3.8, 4) is 0 Å². The van der Waals surface area contributed by atoms with E-state index in [1.807, 2.05) is 54.2 Å². The van der Waals surface area contributed by atoms with E-state index in [9.17, 15) is 0 Å². The summed E-state index contributed by atoms with van der Waals surface area (Å²) in [5, 5.41) is 15.0. The van der Waals surface area contributed by atoms with Crippen LogP contribution >= 0.6 is 24.8 Å². The van der Waals surface area contributed by atoms with Crippen LogP contribution in [0.25, 0.3) is 0 Å². The van der Waals surface area contributed by atoms with Crippen molar-refractivity contribution in [3.63, 3.8) is 0 Å². The summed E-state index contributed by atoms with van der Waals surface area (Å²) in [7, 11) is 3.80. The fraction of sp³-hybridized carbons (Fsp3) is 0.167. The zero-order chi connectivity index (χ0) is 22.5. The molecule has 0 aliphatic heterocycles. The quantitative estimate of drug-likeness (QED) is 0.275. The van der Waals surface area contributed by atoms with Crippen LogP contribution < -0.4 is 21.3 Å². The molecule has 0 radical (unpaired) electrons. The van der Waals surface area contributed by atoms with E-state index in [0.717, 1.165) is 11.4 Å². The number of hydrogen-bond donors (Lipinski definition) is 4. The van der Waals surface area contributed by atoms with Crippen molar-refractivity contribution in [3.05, 3.63) is 94.8 Å². The normalized spacial score (nSPS) is 9.91. The molecular formula is C24H29Cl2FN6. The Bertz CT molecular complexity index is 1000. The molecule has 0 amide bonds. The molecule has 0 bridgehead atoms. The molecular weight excluding hydrogens is 462 g/mol. The van der Waals surface area contributed by atoms with Gasteiger partial charge in [-0.3, -0.25) is 10.8 Å². The molecule has 3 aromatic carbocycles. The maximum absolute atomic E-state index is 15.2. The Balaban J connectivity index is 0.00000272. The highest BCUT2D eigenvalue weighted by Crippen LogP contribution is 2.22. The van der Waals surface area contributed by atoms with Gasteiger partial charge < -0.3 is 21.3 Å². The van der Waals surface area contributed by atoms with Crippen molar-refractivity contribution >= 4 is 47.9 Å². The van der Waals surface area contributed by atoms with Gasteiger partial charge in [0.15, 0.2) is 0 Å². The Morgan fingerprint density at radius 1 is 0.697 bits per heavy atom. The molecule has 0 spiro atoms. The van der Waals surface area contributed by atoms with Crippen LogP contribution in [0.3, 0.4) is 0 Å². The Kier molecular flexibility index (Phi) is 10.2. The number of nitrogen functional groups attached to an aromatic ring is 2. The highest BCUT2D eigenvalue weighted by Gasteiger charge is 2.13. The van der Waals surface area contributed by atoms with Crippen molar-refractivity contribution in [2.75, 3.05) is 23.9 Å². The van der Waals surface area contributed by atoms with E-state index in [4.69, 9.17) is 22.3 Å². The highest BCUT2D eigenvalue weighted by atomic mass is 35.5. The molecule has 0 saturated heterocycles. The van der Waals surface area contributed by atoms with Gasteiger partial charge >= 0.3 is 0 Å². The van der Waals surface area contributed by atoms with Gasteiger partial charge in [0.25, 0.3) is 0 Å². The fourth-order valence-corrected chi connectivity index (χ4v) is 3.36. The smallest absolute Gasteiger partial charge is 0.133 e. The number of anilines is 2. The molecule has 33 heavy (non-hydrogen) atoms. The molecule has 0 unspecified atom stereocenters. The molecule has 0 aromatic heterocycles. The lowest BCUT2D eigenvalue weighted by Crippen LogP contribution is -2.20. The van der Waals surface area contributed by atoms with E-state index in [2.05, 4.69) is 0 Å². The second-order valence-electron chi connectivity index (χ2n) is 7.52. The Morgan fingerprint density at radius 3 is 1.33 bits per heavy atom. The molecule has 3 rings (SSSR count). The van der Waals surface area contributed by atoms with Gasteiger partial charge in [0.2, 0.25) is 0 Å². The summed E-state index contributed by atoms with van der Waals surface area (Å²) in [5.74, 6) is -0.178. The summed E-state index contributed by atoms with van der Waals surface area (Å²) in [5.41, 5.74) is 15.4. The Labute approximate surface area is 206 Å². The first-order valence-corrected chi connectivity index (χ1v) is 9.83. The highest BCUT2D eigenvalue weighted by molar-refractivity contribution is 5.95. The van der Waals surface area contributed by atoms with E-state index in [1.54, 1.807) is 36.4 Å². The first kappa shape index (κ1) is 27.7. The number of halogens is 3. The number of benzene rings is 3. The molecule has 176 valence electrons. The minimum absolute atomic E-state index is 0. The van der Waals surface area contributed by atoms with E-state index in [1.165, 1.54) is 0 Å². The molecule has 9 heteroatoms. The predicted molar refractivity (Wildman–Crippen MR) is 140 cm³/mol. The standard InChI is InChI=1S/C24H27FN6.2ClH/c1-30(20-10-6-16(7-11-20)23(26)27)14-18-4-3-5-19(22(18)25)15-31(2)21-12-8-17(9-13-21)24(28)29;;/h3-13H,14-15H2,1-2H3,(H3,26,27)(H3,28,29);2*1H. The molecule has 0 aliphatic rings. The third kappa shape index (κ3) is 6.84. The van der Waals surface area contributed by atoms with Crippen molar-refractivity contribution in [1.29, 1.82) is 10.8 Å². The monoisotopic (exact) mass is 490 g/mol. The van der Waals surface area contributed by atoms with Gasteiger partial charge in [-0.1, -0.05) is 18.2 Å². The Morgan fingerprint density at radius 2 is 1.03 bits per heavy atom. The largest absolute Gasteiger partial charge is 0.384 e. The van der Waals surface area contributed by atoms with Crippen LogP contribution in [0.1, 0.15) is 22.3 Å². The van der Waals surface area contributed by atoms with Gasteiger partial charge in [0, 0.05) is 60.8 Å². The lowest BCUT2D eigenvalue weighted by Gasteiger charge is -2.23. The second-order valence-corrected chi connectivity index (χ2v) is 7.52. The van der Waals surface area contributed by atoms with Crippen LogP contribution in [-0.2, 0) is 13.1 Å². The second kappa shape index (κ2) is 12.1. The predicted octanol–water partition coefficient (Wildman–Crippen LogP) is 4.51. The summed E-state index contributed by atoms with van der Waals surface area (Å²) < 4.78 is 15.2. The third-order valence-corrected chi connectivity index (χ3v) is 5.21. The number of hydrogen-bond acceptors (Lipinski definition) is 4. The average molecular weight is 491 g/mol. The van der Waals surface area contributed by atoms with E-state index >= 15 is 4.39 Å². The van der Waals surface area contributed by atoms with E-state index in [-0.39, 0.29) is 42.3 Å². The topological polar surface area (TPSA) is 106 Å². The molecule has 0 heterocycles. The fourth-order valence-electron chi connectivity index (χ4n) is 3.36. The average Bonchev–Trinajstić information content (AvgIpc) is 2.76. The molecule has 0 fully saturated rings. The van der Waals surface area contributed by atoms with Gasteiger partial charge in [-0.15, -0.1) is 24.8 Å². The van der Waals surface area contributed by atoms with Crippen LogP contribution in [0.5, 0.6) is 0 Å². The first-order chi connectivity index (χ1) is 14.8. The number of nitrogens with one attached hydrogen (secondary N) is 2. The van der Waals surface area contributed by atoms with Crippen LogP contribution in [0.4, 0.5) is 15.8 Å². The summed E-state index contributed by atoms with van der Waals surface area (Å²) in [6.45, 7) is 0.826. The summed E-state index contributed by atoms with van der Waals surface area (Å²) in [6.07, 6.45) is 0. The molecule has 0 atom stereocenters. The van der Waals surface area contributed by atoms with Gasteiger partial charge in [-0.25, -0.2) is 4.39 Å². The molecule has 3 aromatic rings. The van der Waals surface area contributed by atoms with Gasteiger partial charge in [-0.2, -0.15) is 0 Å². The third-order valence-electron chi connectivity index (χ3n) is 5.21. The maximum atomic E-state index is 15.2. The molecule has 6 nitrogen and oxygen atoms in total. The van der Waals surface area contributed by atoms with Crippen LogP contribution in [0.2, 0.25) is 0 Å². The van der Waals surface area contributed by atoms with Crippen molar-refractivity contribution in [2.45, 2.75) is 13.1 Å². The molecule has 0 saturated carbocycles. The summed E-state index contributed by atoms with van der Waals surface area (Å²) in [6, 6.07) is 20.1. The first-order valence-electron chi connectivity index (χ1n) is 9.83. The van der Waals surface area contributed by atoms with Crippen LogP contribution in [0, 0.1) is 16.6 Å². The van der Waals surface area contributed by atoms with Crippen molar-refractivity contribution in [1.82, 2.24) is 0 Å². The zero-order valence-electron chi connectivity index (χ0n) is 18.5. The summed E-state index contributed by atoms with van der Waals surface area (Å²) in [4.78, 5) is 3.91. The van der Waals surface area contributed by atoms with Gasteiger partial charge in [0.05, 0.1) is 0 Å². The SMILES string of the molecule is CN(Cc1cccc(CN(C)c2ccc(C(=N)N)cc2)c1F)c1ccc(C(=N)N)cc1.Cl.Cl. The van der Waals surface area contributed by atoms with Gasteiger partial charge in [0.1, 0.15) is 17.5 Å². The van der Waals surface area contributed by atoms with Crippen LogP contribution in [0.15, 0.2) is 66.7 Å². The molecule has 0 aliphatic carbocycles. The van der Waals surface area contributed by atoms with Crippen molar-refractivity contribution in [2.24, 2.45) is 11.5 Å². The number of amidine groups is 2. The molecule has 6 N–H and O–H groups in total. The van der Waals surface area contributed by atoms with Crippen LogP contribution in [-0.4, -0.2) is 25.8 Å². The number of rotatable bonds is 8. The van der Waals surface area contributed by atoms with Crippen molar-refractivity contribution < 1.29 is 4.39 Å². The number of nitrogens with zero attached hydrogens (tertiary/aromatic N) is 2. The lowest BCUT2D eigenvalue weighted by molar-refractivity contribution is 0.589. The van der Waals surface area contributed by atoms with E-state index in [0.29, 0.717) is 35.3 Å². The zero-order valence-corrected chi connectivity index (χ0v) is 20.1. The minimum atomic E-state index is -0.220. The van der Waals surface area contributed by atoms with Gasteiger partial charge in [-0.05, 0) is 48.5 Å². The number of nitrogens with two attached hydrogens (primary N) is 2. The summed E-state index contributed by atoms with van der Waals surface area (Å²) >= 11 is 0. The maximum Gasteiger partial charge on any atom is 0.133 e. The Hall–Kier alpha value is -3.29. The van der Waals surface area contributed by atoms with E-state index < -0.39 is 0 Å². The lowest BCUT2D eigenvalue weighted by atomic mass is 10.1.